The van der Waals surface area contributed by atoms with Crippen molar-refractivity contribution in [2.75, 3.05) is 30.8 Å². The number of ether oxygens (including phenoxy) is 3. The number of fused-ring (bicyclic) bond motifs is 5. The number of amides is 2. The summed E-state index contributed by atoms with van der Waals surface area (Å²) in [7, 11) is 1.44. The fourth-order valence-corrected chi connectivity index (χ4v) is 12.8. The summed E-state index contributed by atoms with van der Waals surface area (Å²) in [6.45, 7) is 17.4. The third-order valence-corrected chi connectivity index (χ3v) is 15.9. The van der Waals surface area contributed by atoms with Crippen molar-refractivity contribution in [1.82, 2.24) is 10.6 Å². The number of hydrogen-bond donors (Lipinski definition) is 4. The molecule has 2 aromatic rings. The van der Waals surface area contributed by atoms with Gasteiger partial charge in [-0.1, -0.05) is 84.9 Å². The van der Waals surface area contributed by atoms with Gasteiger partial charge < -0.3 is 24.8 Å². The number of benzene rings is 2. The van der Waals surface area contributed by atoms with Crippen LogP contribution in [-0.2, 0) is 19.0 Å². The topological polar surface area (TPSA) is 139 Å². The molecule has 11 nitrogen and oxygen atoms in total. The molecule has 60 heavy (non-hydrogen) atoms. The van der Waals surface area contributed by atoms with Crippen LogP contribution in [0.4, 0.5) is 21.0 Å². The molecule has 0 saturated heterocycles. The van der Waals surface area contributed by atoms with E-state index in [0.717, 1.165) is 80.8 Å². The highest BCUT2D eigenvalue weighted by Gasteiger charge is 2.67. The summed E-state index contributed by atoms with van der Waals surface area (Å²) in [5, 5.41) is 13.5. The van der Waals surface area contributed by atoms with Gasteiger partial charge >= 0.3 is 18.2 Å². The maximum Gasteiger partial charge on any atom is 0.411 e. The van der Waals surface area contributed by atoms with E-state index >= 15 is 0 Å². The fourth-order valence-electron chi connectivity index (χ4n) is 12.8. The summed E-state index contributed by atoms with van der Waals surface area (Å²) in [4.78, 5) is 45.6. The van der Waals surface area contributed by atoms with E-state index in [2.05, 4.69) is 87.9 Å². The van der Waals surface area contributed by atoms with Gasteiger partial charge in [-0.3, -0.25) is 20.4 Å². The lowest BCUT2D eigenvalue weighted by Crippen LogP contribution is -2.64. The highest BCUT2D eigenvalue weighted by molar-refractivity contribution is 5.87. The molecule has 0 radical (unpaired) electrons. The quantitative estimate of drug-likeness (QED) is 0.130. The van der Waals surface area contributed by atoms with E-state index in [1.807, 2.05) is 30.3 Å². The molecular weight excluding hydrogens is 755 g/mol. The predicted octanol–water partition coefficient (Wildman–Crippen LogP) is 10.2. The van der Waals surface area contributed by atoms with Crippen LogP contribution in [0.1, 0.15) is 136 Å². The van der Waals surface area contributed by atoms with Crippen LogP contribution in [0.15, 0.2) is 53.5 Å². The van der Waals surface area contributed by atoms with E-state index < -0.39 is 17.6 Å². The Kier molecular flexibility index (Phi) is 13.4. The molecular formula is C49H71N5O6. The second-order valence-electron chi connectivity index (χ2n) is 19.8. The van der Waals surface area contributed by atoms with Crippen molar-refractivity contribution in [2.45, 2.75) is 143 Å². The molecule has 4 fully saturated rings. The highest BCUT2D eigenvalue weighted by Crippen LogP contribution is 2.69. The van der Waals surface area contributed by atoms with Crippen molar-refractivity contribution in [3.8, 4) is 0 Å². The first-order valence-electron chi connectivity index (χ1n) is 23.0. The molecule has 1 unspecified atom stereocenters. The number of carbonyl (C=O) groups excluding carboxylic acids is 3. The smallest absolute Gasteiger partial charge is 0.411 e. The Morgan fingerprint density at radius 2 is 1.57 bits per heavy atom. The number of carbonyl (C=O) groups is 3. The molecule has 5 aliphatic rings. The molecule has 1 aliphatic heterocycles. The van der Waals surface area contributed by atoms with Crippen LogP contribution in [0.3, 0.4) is 0 Å². The molecule has 7 rings (SSSR count). The number of nitrogens with one attached hydrogen (secondary N) is 4. The van der Waals surface area contributed by atoms with Crippen molar-refractivity contribution in [3.63, 3.8) is 0 Å². The van der Waals surface area contributed by atoms with E-state index in [1.54, 1.807) is 0 Å². The van der Waals surface area contributed by atoms with Crippen molar-refractivity contribution >= 4 is 35.5 Å². The van der Waals surface area contributed by atoms with Crippen LogP contribution < -0.4 is 21.3 Å². The number of aliphatic imine (C=N–C) groups is 1. The monoisotopic (exact) mass is 826 g/mol. The standard InChI is InChI=1S/C49H71N5O6/c1-29(2)35-16-12-17-36(30(3)4)44(35)54-47(57)59-40-27-32-26-34(52-45-50-24-13-25-51-45)22-23-48(32,6)39-28-41(60-46(56)53-33-14-10-9-11-15-33)49(7)37(19-20-38(49)43(39)40)31(5)18-21-42(55)58-8/h9-12,14-17,29-32,34,37-41,43H,13,18-28H2,1-8H3,(H,53,56)(H,54,57)(H2,50,51,52)/t31-,32?,34-,37-,38+,39+,40-,41+,43+,48+,49-/m1/s1. The van der Waals surface area contributed by atoms with Crippen LogP contribution in [0, 0.1) is 46.3 Å². The van der Waals surface area contributed by atoms with Gasteiger partial charge in [-0.05, 0) is 128 Å². The first-order valence-corrected chi connectivity index (χ1v) is 23.0. The number of para-hydroxylation sites is 2. The minimum atomic E-state index is -0.444. The van der Waals surface area contributed by atoms with Crippen molar-refractivity contribution < 1.29 is 28.6 Å². The number of guanidine groups is 1. The zero-order valence-electron chi connectivity index (χ0n) is 37.4. The maximum atomic E-state index is 14.5. The zero-order chi connectivity index (χ0) is 42.8. The van der Waals surface area contributed by atoms with Gasteiger partial charge in [-0.2, -0.15) is 0 Å². The molecule has 4 saturated carbocycles. The van der Waals surface area contributed by atoms with Gasteiger partial charge in [0, 0.05) is 42.6 Å². The summed E-state index contributed by atoms with van der Waals surface area (Å²) < 4.78 is 18.6. The summed E-state index contributed by atoms with van der Waals surface area (Å²) in [5.41, 5.74) is 3.30. The number of nitrogens with zero attached hydrogens (tertiary/aromatic N) is 1. The number of methoxy groups -OCH3 is 1. The number of hydrogen-bond acceptors (Lipinski definition) is 9. The predicted molar refractivity (Wildman–Crippen MR) is 237 cm³/mol. The Labute approximate surface area is 358 Å². The van der Waals surface area contributed by atoms with Gasteiger partial charge in [0.1, 0.15) is 12.2 Å². The highest BCUT2D eigenvalue weighted by atomic mass is 16.6. The molecule has 2 amide bonds. The molecule has 4 N–H and O–H groups in total. The van der Waals surface area contributed by atoms with Crippen LogP contribution in [-0.4, -0.2) is 62.6 Å². The minimum Gasteiger partial charge on any atom is -0.469 e. The fraction of sp³-hybridized carbons (Fsp3) is 0.673. The lowest BCUT2D eigenvalue weighted by molar-refractivity contribution is -0.200. The second kappa shape index (κ2) is 18.4. The molecule has 4 aliphatic carbocycles. The third-order valence-electron chi connectivity index (χ3n) is 15.9. The first-order chi connectivity index (χ1) is 28.7. The Balaban J connectivity index is 1.24. The molecule has 0 aromatic heterocycles. The van der Waals surface area contributed by atoms with Gasteiger partial charge in [0.2, 0.25) is 0 Å². The third kappa shape index (κ3) is 8.87. The van der Waals surface area contributed by atoms with E-state index in [4.69, 9.17) is 19.2 Å². The molecule has 2 aromatic carbocycles. The van der Waals surface area contributed by atoms with E-state index in [0.29, 0.717) is 24.9 Å². The number of rotatable bonds is 11. The number of anilines is 2. The summed E-state index contributed by atoms with van der Waals surface area (Å²) in [5.74, 6) is 2.17. The average molecular weight is 826 g/mol. The van der Waals surface area contributed by atoms with Crippen LogP contribution in [0.5, 0.6) is 0 Å². The normalized spacial score (nSPS) is 32.6. The molecule has 0 bridgehead atoms. The van der Waals surface area contributed by atoms with E-state index in [1.165, 1.54) is 7.11 Å². The molecule has 328 valence electrons. The molecule has 11 atom stereocenters. The Bertz CT molecular complexity index is 1840. The van der Waals surface area contributed by atoms with Crippen LogP contribution in [0.2, 0.25) is 0 Å². The van der Waals surface area contributed by atoms with Gasteiger partial charge in [0.05, 0.1) is 12.8 Å². The summed E-state index contributed by atoms with van der Waals surface area (Å²) in [6, 6.07) is 16.0. The Morgan fingerprint density at radius 1 is 0.850 bits per heavy atom. The van der Waals surface area contributed by atoms with Gasteiger partial charge in [0.25, 0.3) is 0 Å². The van der Waals surface area contributed by atoms with Crippen LogP contribution >= 0.6 is 0 Å². The maximum absolute atomic E-state index is 14.5. The largest absolute Gasteiger partial charge is 0.469 e. The van der Waals surface area contributed by atoms with E-state index in [-0.39, 0.29) is 77.0 Å². The van der Waals surface area contributed by atoms with Gasteiger partial charge in [-0.15, -0.1) is 0 Å². The van der Waals surface area contributed by atoms with Crippen LogP contribution in [0.25, 0.3) is 0 Å². The molecule has 1 heterocycles. The molecule has 0 spiro atoms. The first kappa shape index (κ1) is 43.8. The van der Waals surface area contributed by atoms with E-state index in [9.17, 15) is 14.4 Å². The van der Waals surface area contributed by atoms with Gasteiger partial charge in [0.15, 0.2) is 5.96 Å². The van der Waals surface area contributed by atoms with Crippen molar-refractivity contribution in [3.05, 3.63) is 59.7 Å². The SMILES string of the molecule is COC(=O)CC[C@@H](C)[C@H]1CC[C@H]2[C@@H]3[C@H](OC(=O)Nc4c(C(C)C)cccc4C(C)C)CC4C[C@H](NC5=NCCCN5)CC[C@]4(C)[C@H]3C[C@H](OC(=O)Nc3ccccc3)[C@]12C. The number of esters is 1. The average Bonchev–Trinajstić information content (AvgIpc) is 3.59. The lowest BCUT2D eigenvalue weighted by atomic mass is 9.43. The molecule has 11 heteroatoms. The lowest BCUT2D eigenvalue weighted by Gasteiger charge is -2.64. The second-order valence-corrected chi connectivity index (χ2v) is 19.8. The van der Waals surface area contributed by atoms with Crippen molar-refractivity contribution in [1.29, 1.82) is 0 Å². The van der Waals surface area contributed by atoms with Crippen molar-refractivity contribution in [2.24, 2.45) is 51.3 Å². The van der Waals surface area contributed by atoms with Gasteiger partial charge in [-0.25, -0.2) is 9.59 Å². The Morgan fingerprint density at radius 3 is 2.23 bits per heavy atom. The Hall–Kier alpha value is -4.28. The summed E-state index contributed by atoms with van der Waals surface area (Å²) in [6.07, 6.45) is 6.90. The minimum absolute atomic E-state index is 0.0521. The summed E-state index contributed by atoms with van der Waals surface area (Å²) >= 11 is 0. The zero-order valence-corrected chi connectivity index (χ0v) is 37.4.